The van der Waals surface area contributed by atoms with Crippen molar-refractivity contribution in [1.29, 1.82) is 0 Å². The molecule has 0 fully saturated rings. The zero-order valence-corrected chi connectivity index (χ0v) is 13.5. The van der Waals surface area contributed by atoms with Crippen LogP contribution in [0.5, 0.6) is 0 Å². The largest absolute Gasteiger partial charge is 0.337 e. The molecule has 0 saturated carbocycles. The highest BCUT2D eigenvalue weighted by atomic mass is 32.2. The van der Waals surface area contributed by atoms with E-state index in [1.54, 1.807) is 48.5 Å². The fourth-order valence-electron chi connectivity index (χ4n) is 2.19. The number of hydrogen-bond acceptors (Lipinski definition) is 4. The van der Waals surface area contributed by atoms with Crippen molar-refractivity contribution >= 4 is 22.1 Å². The third-order valence-electron chi connectivity index (χ3n) is 3.30. The zero-order valence-electron chi connectivity index (χ0n) is 11.8. The van der Waals surface area contributed by atoms with E-state index in [2.05, 4.69) is 4.98 Å². The molecule has 23 heavy (non-hydrogen) atoms. The summed E-state index contributed by atoms with van der Waals surface area (Å²) >= 11 is 5.13. The van der Waals surface area contributed by atoms with Crippen LogP contribution in [0.1, 0.15) is 0 Å². The van der Waals surface area contributed by atoms with Crippen molar-refractivity contribution in [3.8, 4) is 5.69 Å². The first kappa shape index (κ1) is 15.4. The van der Waals surface area contributed by atoms with Gasteiger partial charge < -0.3 is 4.98 Å². The minimum absolute atomic E-state index is 0.0576. The SMILES string of the molecule is O=c1c(S(=O)(=O)c2ccccc2)c[nH]c(=S)n1-c1ccccc1. The maximum absolute atomic E-state index is 12.7. The predicted octanol–water partition coefficient (Wildman–Crippen LogP) is 2.73. The molecule has 1 heterocycles. The second kappa shape index (κ2) is 5.94. The van der Waals surface area contributed by atoms with Crippen molar-refractivity contribution in [1.82, 2.24) is 9.55 Å². The number of aromatic amines is 1. The topological polar surface area (TPSA) is 71.9 Å². The molecule has 0 amide bonds. The van der Waals surface area contributed by atoms with E-state index in [9.17, 15) is 13.2 Å². The normalized spacial score (nSPS) is 11.3. The lowest BCUT2D eigenvalue weighted by Gasteiger charge is -2.09. The van der Waals surface area contributed by atoms with Gasteiger partial charge in [-0.25, -0.2) is 8.42 Å². The van der Waals surface area contributed by atoms with Crippen molar-refractivity contribution < 1.29 is 8.42 Å². The van der Waals surface area contributed by atoms with E-state index in [1.807, 2.05) is 0 Å². The fraction of sp³-hybridized carbons (Fsp3) is 0. The summed E-state index contributed by atoms with van der Waals surface area (Å²) in [4.78, 5) is 15.1. The van der Waals surface area contributed by atoms with E-state index in [0.717, 1.165) is 6.20 Å². The van der Waals surface area contributed by atoms with Gasteiger partial charge in [-0.1, -0.05) is 36.4 Å². The Hall–Kier alpha value is -2.51. The summed E-state index contributed by atoms with van der Waals surface area (Å²) in [5.74, 6) is 0. The predicted molar refractivity (Wildman–Crippen MR) is 89.1 cm³/mol. The standard InChI is InChI=1S/C16H12N2O3S2/c19-15-14(23(20,21)13-9-5-2-6-10-13)11-17-16(22)18(15)12-7-3-1-4-8-12/h1-11H,(H,17,22). The van der Waals surface area contributed by atoms with Gasteiger partial charge in [-0.05, 0) is 36.5 Å². The maximum atomic E-state index is 12.7. The van der Waals surface area contributed by atoms with Gasteiger partial charge in [0, 0.05) is 6.20 Å². The number of aromatic nitrogens is 2. The summed E-state index contributed by atoms with van der Waals surface area (Å²) in [5.41, 5.74) is -0.173. The number of hydrogen-bond donors (Lipinski definition) is 1. The fourth-order valence-corrected chi connectivity index (χ4v) is 3.74. The van der Waals surface area contributed by atoms with Crippen molar-refractivity contribution in [3.05, 3.63) is 82.0 Å². The van der Waals surface area contributed by atoms with Crippen molar-refractivity contribution in [2.45, 2.75) is 9.79 Å². The first-order valence-electron chi connectivity index (χ1n) is 6.72. The lowest BCUT2D eigenvalue weighted by atomic mass is 10.3. The Balaban J connectivity index is 2.29. The third kappa shape index (κ3) is 2.76. The lowest BCUT2D eigenvalue weighted by Crippen LogP contribution is -2.26. The van der Waals surface area contributed by atoms with E-state index < -0.39 is 15.4 Å². The molecule has 0 radical (unpaired) electrons. The van der Waals surface area contributed by atoms with E-state index in [4.69, 9.17) is 12.2 Å². The average Bonchev–Trinajstić information content (AvgIpc) is 2.56. The summed E-state index contributed by atoms with van der Waals surface area (Å²) in [6.45, 7) is 0. The molecule has 5 nitrogen and oxygen atoms in total. The molecule has 3 aromatic rings. The Morgan fingerprint density at radius 1 is 0.913 bits per heavy atom. The number of nitrogens with one attached hydrogen (secondary N) is 1. The molecule has 0 spiro atoms. The summed E-state index contributed by atoms with van der Waals surface area (Å²) in [5, 5.41) is 0. The molecule has 1 aromatic heterocycles. The van der Waals surface area contributed by atoms with Gasteiger partial charge in [-0.15, -0.1) is 0 Å². The Morgan fingerprint density at radius 3 is 2.09 bits per heavy atom. The molecule has 3 rings (SSSR count). The van der Waals surface area contributed by atoms with Crippen LogP contribution in [0.3, 0.4) is 0 Å². The molecular weight excluding hydrogens is 332 g/mol. The van der Waals surface area contributed by atoms with Crippen LogP contribution in [0.2, 0.25) is 0 Å². The van der Waals surface area contributed by atoms with Gasteiger partial charge >= 0.3 is 0 Å². The summed E-state index contributed by atoms with van der Waals surface area (Å²) < 4.78 is 26.7. The number of sulfone groups is 1. The third-order valence-corrected chi connectivity index (χ3v) is 5.37. The zero-order chi connectivity index (χ0) is 16.4. The lowest BCUT2D eigenvalue weighted by molar-refractivity contribution is 0.593. The minimum Gasteiger partial charge on any atom is -0.337 e. The highest BCUT2D eigenvalue weighted by molar-refractivity contribution is 7.91. The van der Waals surface area contributed by atoms with E-state index in [-0.39, 0.29) is 14.6 Å². The van der Waals surface area contributed by atoms with Crippen LogP contribution in [0.25, 0.3) is 5.69 Å². The molecule has 0 aliphatic rings. The van der Waals surface area contributed by atoms with Crippen LogP contribution >= 0.6 is 12.2 Å². The number of rotatable bonds is 3. The van der Waals surface area contributed by atoms with E-state index in [1.165, 1.54) is 16.7 Å². The molecule has 0 unspecified atom stereocenters. The van der Waals surface area contributed by atoms with Crippen LogP contribution in [0, 0.1) is 4.77 Å². The van der Waals surface area contributed by atoms with Crippen LogP contribution in [-0.4, -0.2) is 18.0 Å². The van der Waals surface area contributed by atoms with Crippen LogP contribution in [-0.2, 0) is 9.84 Å². The summed E-state index contributed by atoms with van der Waals surface area (Å²) in [6, 6.07) is 16.5. The maximum Gasteiger partial charge on any atom is 0.278 e. The van der Waals surface area contributed by atoms with Gasteiger partial charge in [0.15, 0.2) is 9.67 Å². The molecule has 116 valence electrons. The first-order chi connectivity index (χ1) is 11.0. The van der Waals surface area contributed by atoms with Gasteiger partial charge in [0.05, 0.1) is 10.6 Å². The Bertz CT molecular complexity index is 1050. The summed E-state index contributed by atoms with van der Waals surface area (Å²) in [7, 11) is -3.93. The minimum atomic E-state index is -3.93. The average molecular weight is 344 g/mol. The number of nitrogens with zero attached hydrogens (tertiary/aromatic N) is 1. The van der Waals surface area contributed by atoms with Gasteiger partial charge in [0.25, 0.3) is 5.56 Å². The van der Waals surface area contributed by atoms with Crippen molar-refractivity contribution in [2.24, 2.45) is 0 Å². The van der Waals surface area contributed by atoms with Gasteiger partial charge in [-0.3, -0.25) is 9.36 Å². The Labute approximate surface area is 137 Å². The molecule has 0 atom stereocenters. The second-order valence-corrected chi connectivity index (χ2v) is 7.06. The number of benzene rings is 2. The molecule has 7 heteroatoms. The van der Waals surface area contributed by atoms with Gasteiger partial charge in [-0.2, -0.15) is 0 Å². The van der Waals surface area contributed by atoms with Crippen LogP contribution < -0.4 is 5.56 Å². The quantitative estimate of drug-likeness (QED) is 0.742. The molecule has 2 aromatic carbocycles. The van der Waals surface area contributed by atoms with E-state index >= 15 is 0 Å². The van der Waals surface area contributed by atoms with E-state index in [0.29, 0.717) is 5.69 Å². The van der Waals surface area contributed by atoms with Crippen LogP contribution in [0.4, 0.5) is 0 Å². The van der Waals surface area contributed by atoms with Crippen molar-refractivity contribution in [2.75, 3.05) is 0 Å². The molecule has 0 saturated heterocycles. The molecule has 0 bridgehead atoms. The second-order valence-electron chi connectivity index (χ2n) is 4.75. The highest BCUT2D eigenvalue weighted by Crippen LogP contribution is 2.17. The smallest absolute Gasteiger partial charge is 0.278 e. The molecular formula is C16H12N2O3S2. The molecule has 0 aliphatic heterocycles. The Morgan fingerprint density at radius 2 is 1.48 bits per heavy atom. The van der Waals surface area contributed by atoms with Gasteiger partial charge in [0.1, 0.15) is 0 Å². The molecule has 0 aliphatic carbocycles. The Kier molecular flexibility index (Phi) is 3.97. The summed E-state index contributed by atoms with van der Waals surface area (Å²) in [6.07, 6.45) is 1.15. The monoisotopic (exact) mass is 344 g/mol. The first-order valence-corrected chi connectivity index (χ1v) is 8.61. The van der Waals surface area contributed by atoms with Gasteiger partial charge in [0.2, 0.25) is 9.84 Å². The molecule has 1 N–H and O–H groups in total. The van der Waals surface area contributed by atoms with Crippen molar-refractivity contribution in [3.63, 3.8) is 0 Å². The highest BCUT2D eigenvalue weighted by Gasteiger charge is 2.23. The van der Waals surface area contributed by atoms with Crippen LogP contribution in [0.15, 0.2) is 81.4 Å². The number of H-pyrrole nitrogens is 1. The number of para-hydroxylation sites is 1.